The van der Waals surface area contributed by atoms with Crippen LogP contribution in [0.2, 0.25) is 0 Å². The van der Waals surface area contributed by atoms with E-state index >= 15 is 0 Å². The molecule has 3 N–H and O–H groups in total. The van der Waals surface area contributed by atoms with Gasteiger partial charge in [-0.3, -0.25) is 9.59 Å². The van der Waals surface area contributed by atoms with Crippen molar-refractivity contribution in [1.29, 1.82) is 0 Å². The third kappa shape index (κ3) is 1.91. The lowest BCUT2D eigenvalue weighted by molar-refractivity contribution is -0.138. The molecule has 18 heavy (non-hydrogen) atoms. The highest BCUT2D eigenvalue weighted by Crippen LogP contribution is 2.34. The molecule has 1 amide bonds. The molecule has 2 rings (SSSR count). The molecule has 2 unspecified atom stereocenters. The number of carbonyl (C=O) groups is 2. The van der Waals surface area contributed by atoms with Gasteiger partial charge in [-0.25, -0.2) is 0 Å². The molecule has 0 saturated heterocycles. The fraction of sp³-hybridized carbons (Fsp3) is 0.333. The van der Waals surface area contributed by atoms with Gasteiger partial charge in [0.25, 0.3) is 5.91 Å². The number of carbonyl (C=O) groups excluding carboxylic acids is 1. The van der Waals surface area contributed by atoms with E-state index in [0.717, 1.165) is 0 Å². The molecule has 0 aromatic heterocycles. The first kappa shape index (κ1) is 12.4. The first-order valence-corrected chi connectivity index (χ1v) is 5.48. The van der Waals surface area contributed by atoms with Crippen molar-refractivity contribution in [3.63, 3.8) is 0 Å². The van der Waals surface area contributed by atoms with E-state index in [4.69, 9.17) is 15.6 Å². The summed E-state index contributed by atoms with van der Waals surface area (Å²) >= 11 is 0. The monoisotopic (exact) mass is 250 g/mol. The van der Waals surface area contributed by atoms with E-state index in [1.807, 2.05) is 0 Å². The van der Waals surface area contributed by atoms with Crippen LogP contribution in [-0.4, -0.2) is 30.1 Å². The van der Waals surface area contributed by atoms with Gasteiger partial charge in [0.05, 0.1) is 5.69 Å². The van der Waals surface area contributed by atoms with Gasteiger partial charge in [-0.2, -0.15) is 0 Å². The second-order valence-corrected chi connectivity index (χ2v) is 4.20. The van der Waals surface area contributed by atoms with Crippen LogP contribution in [0.15, 0.2) is 18.2 Å². The van der Waals surface area contributed by atoms with Crippen molar-refractivity contribution in [3.05, 3.63) is 23.8 Å². The smallest absolute Gasteiger partial charge is 0.325 e. The number of carboxylic acid groups (broad SMARTS) is 1. The Balaban J connectivity index is 2.42. The number of nitrogens with zero attached hydrogens (tertiary/aromatic N) is 1. The molecule has 6 nitrogen and oxygen atoms in total. The van der Waals surface area contributed by atoms with Gasteiger partial charge in [-0.05, 0) is 24.6 Å². The molecular weight excluding hydrogens is 236 g/mol. The van der Waals surface area contributed by atoms with E-state index in [9.17, 15) is 9.59 Å². The number of hydrogen-bond donors (Lipinski definition) is 2. The molecule has 1 heterocycles. The van der Waals surface area contributed by atoms with E-state index in [2.05, 4.69) is 0 Å². The maximum absolute atomic E-state index is 11.7. The minimum Gasteiger partial charge on any atom is -0.480 e. The van der Waals surface area contributed by atoms with Gasteiger partial charge in [0, 0.05) is 7.05 Å². The molecular formula is C12H14N2O4. The van der Waals surface area contributed by atoms with Crippen molar-refractivity contribution in [2.45, 2.75) is 19.1 Å². The number of carboxylic acids is 1. The minimum atomic E-state index is -1.11. The molecule has 0 fully saturated rings. The lowest BCUT2D eigenvalue weighted by Gasteiger charge is -2.30. The molecule has 6 heteroatoms. The van der Waals surface area contributed by atoms with Crippen LogP contribution < -0.4 is 15.4 Å². The van der Waals surface area contributed by atoms with Gasteiger partial charge in [0.2, 0.25) is 0 Å². The van der Waals surface area contributed by atoms with E-state index < -0.39 is 18.1 Å². The Morgan fingerprint density at radius 2 is 2.22 bits per heavy atom. The third-order valence-electron chi connectivity index (χ3n) is 2.95. The fourth-order valence-electron chi connectivity index (χ4n) is 1.87. The largest absolute Gasteiger partial charge is 0.480 e. The summed E-state index contributed by atoms with van der Waals surface area (Å²) in [6.07, 6.45) is -0.584. The number of likely N-dealkylation sites (N-methyl/N-ethyl adjacent to an activating group) is 1. The van der Waals surface area contributed by atoms with Crippen molar-refractivity contribution in [2.75, 3.05) is 11.9 Å². The number of aliphatic carboxylic acids is 1. The normalized spacial score (nSPS) is 20.1. The van der Waals surface area contributed by atoms with Gasteiger partial charge < -0.3 is 20.5 Å². The molecule has 0 aliphatic carbocycles. The second kappa shape index (κ2) is 4.30. The summed E-state index contributed by atoms with van der Waals surface area (Å²) in [5.74, 6) is -0.778. The Kier molecular flexibility index (Phi) is 2.96. The summed E-state index contributed by atoms with van der Waals surface area (Å²) in [6.45, 7) is 1.64. The number of nitrogens with two attached hydrogens (primary N) is 1. The van der Waals surface area contributed by atoms with Crippen molar-refractivity contribution < 1.29 is 19.4 Å². The highest BCUT2D eigenvalue weighted by Gasteiger charge is 2.29. The van der Waals surface area contributed by atoms with E-state index in [1.54, 1.807) is 32.2 Å². The topological polar surface area (TPSA) is 92.9 Å². The Bertz CT molecular complexity index is 515. The second-order valence-electron chi connectivity index (χ2n) is 4.20. The molecule has 1 aromatic carbocycles. The van der Waals surface area contributed by atoms with Crippen LogP contribution in [0, 0.1) is 0 Å². The number of amides is 1. The minimum absolute atomic E-state index is 0.141. The standard InChI is InChI=1S/C12H14N2O4/c1-6-11(15)14(2)8-4-3-7(5-9(8)18-6)10(13)12(16)17/h3-6,10H,13H2,1-2H3,(H,16,17). The van der Waals surface area contributed by atoms with Gasteiger partial charge in [0.15, 0.2) is 6.10 Å². The number of anilines is 1. The zero-order valence-corrected chi connectivity index (χ0v) is 10.1. The Hall–Kier alpha value is -2.08. The van der Waals surface area contributed by atoms with Crippen molar-refractivity contribution >= 4 is 17.6 Å². The predicted molar refractivity (Wildman–Crippen MR) is 64.5 cm³/mol. The molecule has 0 saturated carbocycles. The number of rotatable bonds is 2. The average Bonchev–Trinajstić information content (AvgIpc) is 2.34. The van der Waals surface area contributed by atoms with Crippen LogP contribution in [-0.2, 0) is 9.59 Å². The Morgan fingerprint density at radius 3 is 2.83 bits per heavy atom. The van der Waals surface area contributed by atoms with Gasteiger partial charge in [-0.1, -0.05) is 6.07 Å². The molecule has 0 bridgehead atoms. The molecule has 2 atom stereocenters. The number of benzene rings is 1. The van der Waals surface area contributed by atoms with Crippen molar-refractivity contribution in [3.8, 4) is 5.75 Å². The molecule has 0 spiro atoms. The van der Waals surface area contributed by atoms with Crippen LogP contribution in [0.5, 0.6) is 5.75 Å². The SMILES string of the molecule is CC1Oc2cc(C(N)C(=O)O)ccc2N(C)C1=O. The molecule has 0 radical (unpaired) electrons. The average molecular weight is 250 g/mol. The summed E-state index contributed by atoms with van der Waals surface area (Å²) in [6, 6.07) is 3.68. The summed E-state index contributed by atoms with van der Waals surface area (Å²) in [5.41, 5.74) is 6.58. The van der Waals surface area contributed by atoms with Crippen molar-refractivity contribution in [1.82, 2.24) is 0 Å². The summed E-state index contributed by atoms with van der Waals surface area (Å²) < 4.78 is 5.45. The number of ether oxygens (including phenoxy) is 1. The maximum Gasteiger partial charge on any atom is 0.325 e. The lowest BCUT2D eigenvalue weighted by atomic mass is 10.1. The first-order valence-electron chi connectivity index (χ1n) is 5.48. The highest BCUT2D eigenvalue weighted by molar-refractivity contribution is 5.99. The van der Waals surface area contributed by atoms with E-state index in [0.29, 0.717) is 17.0 Å². The summed E-state index contributed by atoms with van der Waals surface area (Å²) in [4.78, 5) is 24.0. The zero-order valence-electron chi connectivity index (χ0n) is 10.1. The Morgan fingerprint density at radius 1 is 1.56 bits per heavy atom. The number of hydrogen-bond acceptors (Lipinski definition) is 4. The summed E-state index contributed by atoms with van der Waals surface area (Å²) in [5, 5.41) is 8.86. The van der Waals surface area contributed by atoms with Crippen molar-refractivity contribution in [2.24, 2.45) is 5.73 Å². The third-order valence-corrected chi connectivity index (χ3v) is 2.95. The molecule has 1 aliphatic heterocycles. The van der Waals surface area contributed by atoms with Gasteiger partial charge in [-0.15, -0.1) is 0 Å². The first-order chi connectivity index (χ1) is 8.41. The highest BCUT2D eigenvalue weighted by atomic mass is 16.5. The lowest BCUT2D eigenvalue weighted by Crippen LogP contribution is -2.42. The number of fused-ring (bicyclic) bond motifs is 1. The summed E-state index contributed by atoms with van der Waals surface area (Å²) in [7, 11) is 1.65. The maximum atomic E-state index is 11.7. The fourth-order valence-corrected chi connectivity index (χ4v) is 1.87. The molecule has 1 aromatic rings. The van der Waals surface area contributed by atoms with Gasteiger partial charge in [0.1, 0.15) is 11.8 Å². The van der Waals surface area contributed by atoms with Crippen LogP contribution in [0.4, 0.5) is 5.69 Å². The van der Waals surface area contributed by atoms with E-state index in [1.165, 1.54) is 4.90 Å². The van der Waals surface area contributed by atoms with E-state index in [-0.39, 0.29) is 5.91 Å². The predicted octanol–water partition coefficient (Wildman–Crippen LogP) is 0.515. The zero-order chi connectivity index (χ0) is 13.4. The van der Waals surface area contributed by atoms with Gasteiger partial charge >= 0.3 is 5.97 Å². The molecule has 1 aliphatic rings. The molecule has 96 valence electrons. The Labute approximate surface area is 104 Å². The van der Waals surface area contributed by atoms with Crippen LogP contribution in [0.1, 0.15) is 18.5 Å². The van der Waals surface area contributed by atoms with Crippen LogP contribution in [0.3, 0.4) is 0 Å². The van der Waals surface area contributed by atoms with Crippen LogP contribution >= 0.6 is 0 Å². The van der Waals surface area contributed by atoms with Crippen LogP contribution in [0.25, 0.3) is 0 Å². The quantitative estimate of drug-likeness (QED) is 0.798.